The third kappa shape index (κ3) is 4.01. The molecular weight excluding hydrogens is 360 g/mol. The summed E-state index contributed by atoms with van der Waals surface area (Å²) >= 11 is 2.01. The van der Waals surface area contributed by atoms with E-state index in [9.17, 15) is 0 Å². The number of unbranched alkanes of at least 4 members (excludes halogenated alkanes) is 2. The van der Waals surface area contributed by atoms with E-state index in [1.807, 2.05) is 11.8 Å². The second-order valence-corrected chi connectivity index (χ2v) is 9.09. The van der Waals surface area contributed by atoms with E-state index in [0.717, 1.165) is 13.0 Å². The van der Waals surface area contributed by atoms with Crippen LogP contribution in [-0.4, -0.2) is 35.4 Å². The third-order valence-electron chi connectivity index (χ3n) is 5.89. The molecule has 0 saturated heterocycles. The number of hydrogen-bond donors (Lipinski definition) is 0. The minimum atomic E-state index is 1.11. The normalized spacial score (nSPS) is 13.5. The first-order valence-electron chi connectivity index (χ1n) is 10.8. The smallest absolute Gasteiger partial charge is 0.0535 e. The SMILES string of the molecule is CCCCN(C)CCCCn1c2c(c3ccccc31)CCSc1ccccc1-2. The van der Waals surface area contributed by atoms with Crippen molar-refractivity contribution >= 4 is 22.7 Å². The fourth-order valence-corrected chi connectivity index (χ4v) is 5.43. The van der Waals surface area contributed by atoms with E-state index in [-0.39, 0.29) is 0 Å². The highest BCUT2D eigenvalue weighted by Crippen LogP contribution is 2.42. The first-order chi connectivity index (χ1) is 13.8. The molecule has 0 aliphatic carbocycles. The lowest BCUT2D eigenvalue weighted by molar-refractivity contribution is 0.317. The van der Waals surface area contributed by atoms with Gasteiger partial charge in [0.1, 0.15) is 0 Å². The van der Waals surface area contributed by atoms with Gasteiger partial charge in [0.05, 0.1) is 5.69 Å². The Morgan fingerprint density at radius 3 is 2.64 bits per heavy atom. The van der Waals surface area contributed by atoms with Gasteiger partial charge in [0.2, 0.25) is 0 Å². The van der Waals surface area contributed by atoms with Crippen LogP contribution in [-0.2, 0) is 13.0 Å². The predicted octanol–water partition coefficient (Wildman–Crippen LogP) is 6.47. The van der Waals surface area contributed by atoms with Crippen LogP contribution in [0.5, 0.6) is 0 Å². The fraction of sp³-hybridized carbons (Fsp3) is 0.440. The molecule has 0 amide bonds. The molecule has 0 bridgehead atoms. The maximum absolute atomic E-state index is 2.61. The average Bonchev–Trinajstić information content (AvgIpc) is 2.90. The molecule has 3 heteroatoms. The summed E-state index contributed by atoms with van der Waals surface area (Å²) in [5.41, 5.74) is 5.86. The van der Waals surface area contributed by atoms with Crippen molar-refractivity contribution in [2.24, 2.45) is 0 Å². The van der Waals surface area contributed by atoms with Gasteiger partial charge in [-0.25, -0.2) is 0 Å². The number of rotatable bonds is 8. The first kappa shape index (κ1) is 19.6. The highest BCUT2D eigenvalue weighted by Gasteiger charge is 2.22. The molecule has 0 fully saturated rings. The standard InChI is InChI=1S/C25H32N2S/c1-3-4-16-26(2)17-9-10-18-27-23-13-7-5-11-20(23)21-15-19-28-24-14-8-6-12-22(24)25(21)27/h5-8,11-14H,3-4,9-10,15-19H2,1-2H3. The molecular formula is C25H32N2S. The Balaban J connectivity index is 1.61. The van der Waals surface area contributed by atoms with Crippen molar-refractivity contribution in [3.05, 3.63) is 54.1 Å². The Labute approximate surface area is 173 Å². The van der Waals surface area contributed by atoms with Crippen molar-refractivity contribution in [3.63, 3.8) is 0 Å². The molecule has 0 spiro atoms. The van der Waals surface area contributed by atoms with Crippen LogP contribution < -0.4 is 0 Å². The van der Waals surface area contributed by atoms with Crippen molar-refractivity contribution in [2.45, 2.75) is 50.5 Å². The molecule has 1 aliphatic heterocycles. The zero-order valence-corrected chi connectivity index (χ0v) is 18.1. The summed E-state index contributed by atoms with van der Waals surface area (Å²) in [6, 6.07) is 18.0. The topological polar surface area (TPSA) is 8.17 Å². The number of hydrogen-bond acceptors (Lipinski definition) is 2. The first-order valence-corrected chi connectivity index (χ1v) is 11.8. The van der Waals surface area contributed by atoms with Gasteiger partial charge in [0.15, 0.2) is 0 Å². The predicted molar refractivity (Wildman–Crippen MR) is 123 cm³/mol. The van der Waals surface area contributed by atoms with Gasteiger partial charge in [-0.05, 0) is 63.5 Å². The van der Waals surface area contributed by atoms with Gasteiger partial charge in [-0.15, -0.1) is 11.8 Å². The number of nitrogens with zero attached hydrogens (tertiary/aromatic N) is 2. The van der Waals surface area contributed by atoms with E-state index in [1.54, 1.807) is 5.56 Å². The van der Waals surface area contributed by atoms with Gasteiger partial charge in [0.25, 0.3) is 0 Å². The van der Waals surface area contributed by atoms with E-state index in [0.29, 0.717) is 0 Å². The molecule has 1 aromatic heterocycles. The largest absolute Gasteiger partial charge is 0.340 e. The highest BCUT2D eigenvalue weighted by atomic mass is 32.2. The van der Waals surface area contributed by atoms with Gasteiger partial charge < -0.3 is 9.47 Å². The summed E-state index contributed by atoms with van der Waals surface area (Å²) in [5.74, 6) is 1.17. The Kier molecular flexibility index (Phi) is 6.43. The van der Waals surface area contributed by atoms with Gasteiger partial charge in [0, 0.05) is 33.7 Å². The molecule has 0 atom stereocenters. The molecule has 148 valence electrons. The van der Waals surface area contributed by atoms with Gasteiger partial charge in [-0.3, -0.25) is 0 Å². The van der Waals surface area contributed by atoms with Gasteiger partial charge in [-0.1, -0.05) is 49.7 Å². The van der Waals surface area contributed by atoms with E-state index >= 15 is 0 Å². The summed E-state index contributed by atoms with van der Waals surface area (Å²) < 4.78 is 2.61. The molecule has 0 radical (unpaired) electrons. The van der Waals surface area contributed by atoms with Crippen molar-refractivity contribution in [1.29, 1.82) is 0 Å². The zero-order chi connectivity index (χ0) is 19.3. The molecule has 28 heavy (non-hydrogen) atoms. The van der Waals surface area contributed by atoms with Crippen LogP contribution >= 0.6 is 11.8 Å². The van der Waals surface area contributed by atoms with Crippen LogP contribution in [0.2, 0.25) is 0 Å². The maximum atomic E-state index is 2.61. The van der Waals surface area contributed by atoms with Gasteiger partial charge >= 0.3 is 0 Å². The van der Waals surface area contributed by atoms with Crippen LogP contribution in [0.4, 0.5) is 0 Å². The number of para-hydroxylation sites is 1. The fourth-order valence-electron chi connectivity index (χ4n) is 4.41. The lowest BCUT2D eigenvalue weighted by atomic mass is 10.0. The summed E-state index contributed by atoms with van der Waals surface area (Å²) in [4.78, 5) is 3.92. The van der Waals surface area contributed by atoms with Crippen LogP contribution in [0.15, 0.2) is 53.4 Å². The Morgan fingerprint density at radius 2 is 1.75 bits per heavy atom. The van der Waals surface area contributed by atoms with Gasteiger partial charge in [-0.2, -0.15) is 0 Å². The van der Waals surface area contributed by atoms with Crippen molar-refractivity contribution in [2.75, 3.05) is 25.9 Å². The molecule has 0 unspecified atom stereocenters. The van der Waals surface area contributed by atoms with Crippen LogP contribution in [0.25, 0.3) is 22.2 Å². The highest BCUT2D eigenvalue weighted by molar-refractivity contribution is 7.99. The number of fused-ring (bicyclic) bond motifs is 5. The van der Waals surface area contributed by atoms with Crippen molar-refractivity contribution in [1.82, 2.24) is 9.47 Å². The number of aryl methyl sites for hydroxylation is 2. The molecule has 2 heterocycles. The summed E-state index contributed by atoms with van der Waals surface area (Å²) in [7, 11) is 2.26. The molecule has 0 saturated carbocycles. The number of thioether (sulfide) groups is 1. The Morgan fingerprint density at radius 1 is 0.964 bits per heavy atom. The lowest BCUT2D eigenvalue weighted by Crippen LogP contribution is -2.21. The average molecular weight is 393 g/mol. The molecule has 3 aromatic rings. The molecule has 1 aliphatic rings. The second-order valence-electron chi connectivity index (χ2n) is 7.95. The lowest BCUT2D eigenvalue weighted by Gasteiger charge is -2.17. The monoisotopic (exact) mass is 392 g/mol. The third-order valence-corrected chi connectivity index (χ3v) is 6.97. The summed E-state index contributed by atoms with van der Waals surface area (Å²) in [5, 5.41) is 1.45. The van der Waals surface area contributed by atoms with Crippen LogP contribution in [0.1, 0.15) is 38.2 Å². The summed E-state index contributed by atoms with van der Waals surface area (Å²) in [6.45, 7) is 5.81. The quantitative estimate of drug-likeness (QED) is 0.406. The Bertz CT molecular complexity index is 927. The van der Waals surface area contributed by atoms with E-state index in [2.05, 4.69) is 72.0 Å². The van der Waals surface area contributed by atoms with Crippen LogP contribution in [0.3, 0.4) is 0 Å². The van der Waals surface area contributed by atoms with E-state index in [4.69, 9.17) is 0 Å². The minimum Gasteiger partial charge on any atom is -0.340 e. The van der Waals surface area contributed by atoms with Crippen LogP contribution in [0, 0.1) is 0 Å². The number of benzene rings is 2. The molecule has 0 N–H and O–H groups in total. The van der Waals surface area contributed by atoms with E-state index < -0.39 is 0 Å². The minimum absolute atomic E-state index is 1.11. The van der Waals surface area contributed by atoms with Crippen molar-refractivity contribution in [3.8, 4) is 11.3 Å². The molecule has 2 aromatic carbocycles. The number of aromatic nitrogens is 1. The molecule has 2 nitrogen and oxygen atoms in total. The zero-order valence-electron chi connectivity index (χ0n) is 17.3. The second kappa shape index (κ2) is 9.19. The maximum Gasteiger partial charge on any atom is 0.0535 e. The Hall–Kier alpha value is -1.71. The van der Waals surface area contributed by atoms with Crippen molar-refractivity contribution < 1.29 is 0 Å². The summed E-state index contributed by atoms with van der Waals surface area (Å²) in [6.07, 6.45) is 6.24. The van der Waals surface area contributed by atoms with E-state index in [1.165, 1.54) is 71.6 Å². The molecule has 4 rings (SSSR count).